The Bertz CT molecular complexity index is 1950. The zero-order valence-corrected chi connectivity index (χ0v) is 46.7. The smallest absolute Gasteiger partial charge is 0.302 e. The van der Waals surface area contributed by atoms with Crippen LogP contribution in [0.4, 0.5) is 0 Å². The second-order valence-corrected chi connectivity index (χ2v) is 29.5. The summed E-state index contributed by atoms with van der Waals surface area (Å²) in [5.74, 6) is 4.23. The molecule has 0 aromatic heterocycles. The van der Waals surface area contributed by atoms with Crippen LogP contribution < -0.4 is 0 Å². The fraction of sp³-hybridized carbons (Fsp3) is 0.919. The van der Waals surface area contributed by atoms with Crippen LogP contribution in [0.25, 0.3) is 0 Å². The molecule has 1 heterocycles. The molecule has 0 radical (unpaired) electrons. The Morgan fingerprint density at radius 1 is 0.642 bits per heavy atom. The number of carbonyl (C=O) groups excluding carboxylic acids is 1. The summed E-state index contributed by atoms with van der Waals surface area (Å²) >= 11 is 0. The van der Waals surface area contributed by atoms with Crippen LogP contribution in [-0.2, 0) is 14.3 Å². The van der Waals surface area contributed by atoms with Crippen LogP contribution >= 0.6 is 0 Å². The van der Waals surface area contributed by atoms with Gasteiger partial charge < -0.3 is 19.7 Å². The topological polar surface area (TPSA) is 79.3 Å². The van der Waals surface area contributed by atoms with Crippen LogP contribution in [-0.4, -0.2) is 45.7 Å². The second kappa shape index (κ2) is 17.2. The van der Waals surface area contributed by atoms with Gasteiger partial charge in [-0.15, -0.1) is 0 Å². The maximum atomic E-state index is 11.8. The first kappa shape index (κ1) is 52.2. The number of epoxide rings is 1. The van der Waals surface area contributed by atoms with Crippen molar-refractivity contribution in [3.63, 3.8) is 0 Å². The fourth-order valence-electron chi connectivity index (χ4n) is 20.1. The van der Waals surface area contributed by atoms with E-state index in [9.17, 15) is 15.0 Å². The van der Waals surface area contributed by atoms with E-state index in [4.69, 9.17) is 9.47 Å². The number of hydrogen-bond donors (Lipinski definition) is 2. The summed E-state index contributed by atoms with van der Waals surface area (Å²) in [7, 11) is 0. The summed E-state index contributed by atoms with van der Waals surface area (Å²) in [5.41, 5.74) is 9.07. The first-order chi connectivity index (χ1) is 30.8. The third kappa shape index (κ3) is 8.28. The Balaban J connectivity index is 0.000000182. The van der Waals surface area contributed by atoms with E-state index in [0.29, 0.717) is 39.6 Å². The molecule has 15 atom stereocenters. The summed E-state index contributed by atoms with van der Waals surface area (Å²) in [4.78, 5) is 11.8. The molecular formula is C62H104O5. The maximum Gasteiger partial charge on any atom is 0.302 e. The normalized spacial score (nSPS) is 45.5. The van der Waals surface area contributed by atoms with Gasteiger partial charge in [-0.3, -0.25) is 4.79 Å². The zero-order valence-electron chi connectivity index (χ0n) is 46.7. The highest BCUT2D eigenvalue weighted by molar-refractivity contribution is 5.66. The largest absolute Gasteiger partial charge is 0.462 e. The summed E-state index contributed by atoms with van der Waals surface area (Å²) in [6.45, 7) is 40.2. The molecule has 0 aromatic rings. The van der Waals surface area contributed by atoms with Gasteiger partial charge in [-0.05, 0) is 223 Å². The SMILES string of the molecule is CC(=O)O[C@H]1CC[C@]2(C)C3=C(CCC2C1(C)C)[C@]1(C)CCC([C@H](C)CCC2OC2(C)C)[C@@]1(C)CC3.C[C@H](CCCC(C)(C)O)C1CC[C@@]2(C)C3=C(CC[C@]12C)[C@@]1(C)CC[C@H](O)C(C)(C)C1CC3. The van der Waals surface area contributed by atoms with Crippen molar-refractivity contribution in [2.75, 3.05) is 0 Å². The van der Waals surface area contributed by atoms with Gasteiger partial charge in [-0.25, -0.2) is 0 Å². The molecule has 0 spiro atoms. The minimum atomic E-state index is -0.534. The highest BCUT2D eigenvalue weighted by atomic mass is 16.6. The molecule has 67 heavy (non-hydrogen) atoms. The minimum Gasteiger partial charge on any atom is -0.462 e. The molecule has 5 heteroatoms. The molecule has 1 saturated heterocycles. The van der Waals surface area contributed by atoms with Gasteiger partial charge in [-0.2, -0.15) is 0 Å². The lowest BCUT2D eigenvalue weighted by Crippen LogP contribution is -2.55. The summed E-state index contributed by atoms with van der Waals surface area (Å²) < 4.78 is 11.8. The van der Waals surface area contributed by atoms with E-state index in [1.807, 2.05) is 36.1 Å². The molecule has 2 N–H and O–H groups in total. The quantitative estimate of drug-likeness (QED) is 0.130. The van der Waals surface area contributed by atoms with E-state index < -0.39 is 5.60 Å². The third-order valence-corrected chi connectivity index (χ3v) is 24.7. The molecular weight excluding hydrogens is 825 g/mol. The summed E-state index contributed by atoms with van der Waals surface area (Å²) in [6.07, 6.45) is 26.3. The first-order valence-corrected chi connectivity index (χ1v) is 28.5. The number of carbonyl (C=O) groups is 1. The molecule has 9 rings (SSSR count). The van der Waals surface area contributed by atoms with Gasteiger partial charge in [0.15, 0.2) is 0 Å². The minimum absolute atomic E-state index is 0.0282. The number of allylic oxidation sites excluding steroid dienone is 4. The predicted octanol–water partition coefficient (Wildman–Crippen LogP) is 15.9. The summed E-state index contributed by atoms with van der Waals surface area (Å²) in [5, 5.41) is 21.0. The number of esters is 1. The van der Waals surface area contributed by atoms with Crippen molar-refractivity contribution >= 4 is 5.97 Å². The van der Waals surface area contributed by atoms with Gasteiger partial charge in [0, 0.05) is 12.3 Å². The molecule has 5 fully saturated rings. The molecule has 0 aromatic carbocycles. The van der Waals surface area contributed by atoms with Crippen molar-refractivity contribution in [3.05, 3.63) is 22.3 Å². The molecule has 5 unspecified atom stereocenters. The number of hydrogen-bond acceptors (Lipinski definition) is 5. The lowest BCUT2D eigenvalue weighted by molar-refractivity contribution is -0.167. The van der Waals surface area contributed by atoms with Crippen LogP contribution in [0.1, 0.15) is 253 Å². The van der Waals surface area contributed by atoms with Crippen LogP contribution in [0, 0.1) is 78.8 Å². The van der Waals surface area contributed by atoms with E-state index in [-0.39, 0.29) is 45.4 Å². The average molecular weight is 930 g/mol. The lowest BCUT2D eigenvalue weighted by Gasteiger charge is -2.62. The molecule has 1 aliphatic heterocycles. The standard InChI is InChI=1S/C32H52O3.C30H52O2/c1-20(10-13-27-29(5,6)35-27)22-14-18-32(9)24-11-12-25-28(3,4)26(34-21(2)33)16-17-30(25,7)23(24)15-19-31(22,32)8;1-20(10-9-16-26(2,3)32)21-13-18-30(8)23-11-12-24-27(4,5)25(31)15-17-28(24,6)22(23)14-19-29(21,30)7/h20,22,25-27H,10-19H2,1-9H3;20-21,24-25,31-32H,9-19H2,1-8H3/t20-,22?,25?,26+,27?,30-,31-,32+;20-,21?,24?,25+,28-,29-,30+/m11/s1. The van der Waals surface area contributed by atoms with Crippen molar-refractivity contribution in [1.82, 2.24) is 0 Å². The molecule has 5 nitrogen and oxygen atoms in total. The number of ether oxygens (including phenoxy) is 2. The number of rotatable bonds is 10. The Hall–Kier alpha value is -1.17. The van der Waals surface area contributed by atoms with E-state index in [1.165, 1.54) is 109 Å². The van der Waals surface area contributed by atoms with Crippen LogP contribution in [0.2, 0.25) is 0 Å². The Kier molecular flexibility index (Phi) is 13.4. The van der Waals surface area contributed by atoms with Crippen LogP contribution in [0.3, 0.4) is 0 Å². The van der Waals surface area contributed by atoms with Gasteiger partial charge in [-0.1, -0.05) is 118 Å². The fourth-order valence-corrected chi connectivity index (χ4v) is 20.1. The van der Waals surface area contributed by atoms with E-state index in [2.05, 4.69) is 96.9 Å². The Morgan fingerprint density at radius 2 is 1.10 bits per heavy atom. The van der Waals surface area contributed by atoms with Gasteiger partial charge in [0.25, 0.3) is 0 Å². The van der Waals surface area contributed by atoms with Gasteiger partial charge in [0.05, 0.1) is 23.4 Å². The second-order valence-electron chi connectivity index (χ2n) is 29.5. The number of aliphatic hydroxyl groups excluding tert-OH is 1. The molecule has 0 amide bonds. The number of fused-ring (bicyclic) bond motifs is 8. The van der Waals surface area contributed by atoms with Crippen molar-refractivity contribution in [3.8, 4) is 0 Å². The zero-order chi connectivity index (χ0) is 49.3. The molecule has 0 bridgehead atoms. The van der Waals surface area contributed by atoms with Crippen molar-refractivity contribution in [2.45, 2.75) is 282 Å². The monoisotopic (exact) mass is 929 g/mol. The Morgan fingerprint density at radius 3 is 1.57 bits per heavy atom. The maximum absolute atomic E-state index is 11.8. The van der Waals surface area contributed by atoms with Crippen LogP contribution in [0.15, 0.2) is 22.3 Å². The van der Waals surface area contributed by atoms with E-state index in [1.54, 1.807) is 6.92 Å². The van der Waals surface area contributed by atoms with Gasteiger partial charge >= 0.3 is 5.97 Å². The molecule has 382 valence electrons. The lowest BCUT2D eigenvalue weighted by atomic mass is 9.43. The van der Waals surface area contributed by atoms with Crippen molar-refractivity contribution < 1.29 is 24.5 Å². The van der Waals surface area contributed by atoms with E-state index >= 15 is 0 Å². The van der Waals surface area contributed by atoms with Crippen molar-refractivity contribution in [2.24, 2.45) is 78.8 Å². The first-order valence-electron chi connectivity index (χ1n) is 28.5. The average Bonchev–Trinajstić information content (AvgIpc) is 3.58. The number of aliphatic hydroxyl groups is 2. The van der Waals surface area contributed by atoms with Gasteiger partial charge in [0.1, 0.15) is 6.10 Å². The van der Waals surface area contributed by atoms with Crippen molar-refractivity contribution in [1.29, 1.82) is 0 Å². The predicted molar refractivity (Wildman–Crippen MR) is 276 cm³/mol. The molecule has 9 aliphatic rings. The highest BCUT2D eigenvalue weighted by Gasteiger charge is 2.65. The molecule has 4 saturated carbocycles. The molecule has 8 aliphatic carbocycles. The van der Waals surface area contributed by atoms with Gasteiger partial charge in [0.2, 0.25) is 0 Å². The van der Waals surface area contributed by atoms with E-state index in [0.717, 1.165) is 49.4 Å². The van der Waals surface area contributed by atoms with Crippen LogP contribution in [0.5, 0.6) is 0 Å². The third-order valence-electron chi connectivity index (χ3n) is 24.7. The highest BCUT2D eigenvalue weighted by Crippen LogP contribution is 2.74. The Labute approximate surface area is 412 Å². The summed E-state index contributed by atoms with van der Waals surface area (Å²) in [6, 6.07) is 0.